The number of nitrogens with one attached hydrogen (secondary N) is 1. The molecule has 148 valence electrons. The molecule has 2 aromatic carbocycles. The number of carbonyl (C=O) groups excluding carboxylic acids is 2. The lowest BCUT2D eigenvalue weighted by molar-refractivity contribution is -0.129. The lowest BCUT2D eigenvalue weighted by Crippen LogP contribution is -2.40. The molecule has 2 aromatic rings. The van der Waals surface area contributed by atoms with E-state index >= 15 is 0 Å². The first kappa shape index (κ1) is 19.9. The van der Waals surface area contributed by atoms with Crippen molar-refractivity contribution in [1.29, 1.82) is 0 Å². The number of rotatable bonds is 6. The number of hydrogen-bond acceptors (Lipinski definition) is 5. The van der Waals surface area contributed by atoms with Crippen LogP contribution in [0.15, 0.2) is 53.4 Å². The Morgan fingerprint density at radius 3 is 2.18 bits per heavy atom. The average Bonchev–Trinajstić information content (AvgIpc) is 2.63. The van der Waals surface area contributed by atoms with E-state index in [-0.39, 0.29) is 22.8 Å². The Balaban J connectivity index is 1.83. The summed E-state index contributed by atoms with van der Waals surface area (Å²) in [5, 5.41) is 0. The number of carbonyl (C=O) groups is 2. The van der Waals surface area contributed by atoms with E-state index in [1.807, 2.05) is 13.8 Å². The molecule has 1 fully saturated rings. The summed E-state index contributed by atoms with van der Waals surface area (Å²) in [5.41, 5.74) is 0.707. The Bertz CT molecular complexity index is 968. The van der Waals surface area contributed by atoms with Crippen LogP contribution < -0.4 is 14.4 Å². The van der Waals surface area contributed by atoms with Crippen LogP contribution in [0.5, 0.6) is 5.75 Å². The van der Waals surface area contributed by atoms with Gasteiger partial charge in [0.2, 0.25) is 11.8 Å². The van der Waals surface area contributed by atoms with E-state index in [0.29, 0.717) is 36.4 Å². The van der Waals surface area contributed by atoms with Crippen LogP contribution in [0.25, 0.3) is 0 Å². The van der Waals surface area contributed by atoms with Crippen molar-refractivity contribution >= 4 is 33.2 Å². The molecule has 28 heavy (non-hydrogen) atoms. The summed E-state index contributed by atoms with van der Waals surface area (Å²) in [4.78, 5) is 25.2. The summed E-state index contributed by atoms with van der Waals surface area (Å²) in [6.45, 7) is 3.71. The lowest BCUT2D eigenvalue weighted by Gasteiger charge is -2.25. The Labute approximate surface area is 164 Å². The van der Waals surface area contributed by atoms with Crippen molar-refractivity contribution < 1.29 is 22.7 Å². The predicted octanol–water partition coefficient (Wildman–Crippen LogP) is 3.32. The van der Waals surface area contributed by atoms with E-state index in [9.17, 15) is 18.0 Å². The molecule has 1 heterocycles. The maximum atomic E-state index is 12.7. The summed E-state index contributed by atoms with van der Waals surface area (Å²) in [5.74, 6) is -0.114. The van der Waals surface area contributed by atoms with Crippen LogP contribution in [0, 0.1) is 0 Å². The standard InChI is InChI=1S/C20H22N2O5S/c1-14(2)27-18-7-4-3-6-17(18)21-28(25,26)16-12-10-15(11-13-16)22-19(23)8-5-9-20(22)24/h3-4,6-7,10-14,21H,5,8-9H2,1-2H3. The van der Waals surface area contributed by atoms with Crippen LogP contribution in [-0.2, 0) is 19.6 Å². The van der Waals surface area contributed by atoms with Crippen LogP contribution in [-0.4, -0.2) is 26.3 Å². The second-order valence-electron chi connectivity index (χ2n) is 6.74. The number of amides is 2. The van der Waals surface area contributed by atoms with Crippen LogP contribution in [0.4, 0.5) is 11.4 Å². The Morgan fingerprint density at radius 2 is 1.57 bits per heavy atom. The normalized spacial score (nSPS) is 15.0. The minimum atomic E-state index is -3.86. The zero-order chi connectivity index (χ0) is 20.3. The highest BCUT2D eigenvalue weighted by molar-refractivity contribution is 7.92. The van der Waals surface area contributed by atoms with Gasteiger partial charge in [0.15, 0.2) is 0 Å². The van der Waals surface area contributed by atoms with Crippen molar-refractivity contribution in [1.82, 2.24) is 0 Å². The molecule has 3 rings (SSSR count). The van der Waals surface area contributed by atoms with E-state index in [2.05, 4.69) is 4.72 Å². The Hall–Kier alpha value is -2.87. The van der Waals surface area contributed by atoms with E-state index in [1.165, 1.54) is 24.3 Å². The summed E-state index contributed by atoms with van der Waals surface area (Å²) < 4.78 is 33.6. The van der Waals surface area contributed by atoms with Crippen molar-refractivity contribution in [3.05, 3.63) is 48.5 Å². The highest BCUT2D eigenvalue weighted by atomic mass is 32.2. The molecule has 1 aliphatic rings. The Morgan fingerprint density at radius 1 is 0.964 bits per heavy atom. The fraction of sp³-hybridized carbons (Fsp3) is 0.300. The van der Waals surface area contributed by atoms with Crippen molar-refractivity contribution in [2.75, 3.05) is 9.62 Å². The van der Waals surface area contributed by atoms with Crippen molar-refractivity contribution in [3.8, 4) is 5.75 Å². The number of nitrogens with zero attached hydrogens (tertiary/aromatic N) is 1. The molecule has 0 unspecified atom stereocenters. The van der Waals surface area contributed by atoms with E-state index in [1.54, 1.807) is 24.3 Å². The number of ether oxygens (including phenoxy) is 1. The van der Waals surface area contributed by atoms with Gasteiger partial charge in [0.1, 0.15) is 5.75 Å². The first-order chi connectivity index (χ1) is 13.3. The number of hydrogen-bond donors (Lipinski definition) is 1. The van der Waals surface area contributed by atoms with Crippen LogP contribution >= 0.6 is 0 Å². The first-order valence-corrected chi connectivity index (χ1v) is 10.5. The van der Waals surface area contributed by atoms with Gasteiger partial charge in [-0.25, -0.2) is 8.42 Å². The maximum Gasteiger partial charge on any atom is 0.262 e. The minimum Gasteiger partial charge on any atom is -0.489 e. The third-order valence-corrected chi connectivity index (χ3v) is 5.56. The molecule has 8 heteroatoms. The second-order valence-corrected chi connectivity index (χ2v) is 8.42. The average molecular weight is 402 g/mol. The van der Waals surface area contributed by atoms with Gasteiger partial charge in [0.05, 0.1) is 22.4 Å². The second kappa shape index (κ2) is 8.02. The monoisotopic (exact) mass is 402 g/mol. The number of para-hydroxylation sites is 2. The summed E-state index contributed by atoms with van der Waals surface area (Å²) >= 11 is 0. The number of benzene rings is 2. The van der Waals surface area contributed by atoms with E-state index in [0.717, 1.165) is 4.90 Å². The fourth-order valence-corrected chi connectivity index (χ4v) is 4.00. The third kappa shape index (κ3) is 4.33. The number of piperidine rings is 1. The number of anilines is 2. The van der Waals surface area contributed by atoms with Crippen molar-refractivity contribution in [3.63, 3.8) is 0 Å². The van der Waals surface area contributed by atoms with Crippen LogP contribution in [0.3, 0.4) is 0 Å². The molecule has 0 radical (unpaired) electrons. The van der Waals surface area contributed by atoms with Gasteiger partial charge in [-0.05, 0) is 56.7 Å². The minimum absolute atomic E-state index is 0.0208. The molecule has 2 amide bonds. The largest absolute Gasteiger partial charge is 0.489 e. The summed E-state index contributed by atoms with van der Waals surface area (Å²) in [7, 11) is -3.86. The van der Waals surface area contributed by atoms with Gasteiger partial charge in [-0.3, -0.25) is 19.2 Å². The molecule has 0 aliphatic carbocycles. The zero-order valence-electron chi connectivity index (χ0n) is 15.7. The maximum absolute atomic E-state index is 12.7. The van der Waals surface area contributed by atoms with Gasteiger partial charge in [0, 0.05) is 12.8 Å². The van der Waals surface area contributed by atoms with Gasteiger partial charge in [-0.2, -0.15) is 0 Å². The van der Waals surface area contributed by atoms with E-state index in [4.69, 9.17) is 4.74 Å². The van der Waals surface area contributed by atoms with Crippen LogP contribution in [0.1, 0.15) is 33.1 Å². The first-order valence-electron chi connectivity index (χ1n) is 9.02. The number of imide groups is 1. The quantitative estimate of drug-likeness (QED) is 0.748. The molecule has 1 aliphatic heterocycles. The smallest absolute Gasteiger partial charge is 0.262 e. The summed E-state index contributed by atoms with van der Waals surface area (Å²) in [6, 6.07) is 12.5. The van der Waals surface area contributed by atoms with Gasteiger partial charge in [0.25, 0.3) is 10.0 Å². The molecule has 7 nitrogen and oxygen atoms in total. The fourth-order valence-electron chi connectivity index (χ4n) is 2.93. The van der Waals surface area contributed by atoms with Crippen molar-refractivity contribution in [2.45, 2.75) is 44.1 Å². The van der Waals surface area contributed by atoms with Crippen LogP contribution in [0.2, 0.25) is 0 Å². The molecule has 0 aromatic heterocycles. The predicted molar refractivity (Wildman–Crippen MR) is 106 cm³/mol. The van der Waals surface area contributed by atoms with Crippen molar-refractivity contribution in [2.24, 2.45) is 0 Å². The number of sulfonamides is 1. The van der Waals surface area contributed by atoms with Gasteiger partial charge >= 0.3 is 0 Å². The molecule has 0 spiro atoms. The topological polar surface area (TPSA) is 92.8 Å². The highest BCUT2D eigenvalue weighted by Gasteiger charge is 2.27. The third-order valence-electron chi connectivity index (χ3n) is 4.18. The molecule has 0 bridgehead atoms. The Kier molecular flexibility index (Phi) is 5.69. The van der Waals surface area contributed by atoms with Gasteiger partial charge in [-0.1, -0.05) is 12.1 Å². The SMILES string of the molecule is CC(C)Oc1ccccc1NS(=O)(=O)c1ccc(N2C(=O)CCCC2=O)cc1. The lowest BCUT2D eigenvalue weighted by atomic mass is 10.1. The van der Waals surface area contributed by atoms with E-state index < -0.39 is 10.0 Å². The molecular weight excluding hydrogens is 380 g/mol. The molecular formula is C20H22N2O5S. The molecule has 1 saturated heterocycles. The molecule has 0 atom stereocenters. The molecule has 1 N–H and O–H groups in total. The van der Waals surface area contributed by atoms with Gasteiger partial charge in [-0.15, -0.1) is 0 Å². The summed E-state index contributed by atoms with van der Waals surface area (Å²) in [6.07, 6.45) is 1.05. The zero-order valence-corrected chi connectivity index (χ0v) is 16.5. The molecule has 0 saturated carbocycles. The highest BCUT2D eigenvalue weighted by Crippen LogP contribution is 2.29. The van der Waals surface area contributed by atoms with Gasteiger partial charge < -0.3 is 4.74 Å².